The van der Waals surface area contributed by atoms with Gasteiger partial charge < -0.3 is 4.74 Å². The lowest BCUT2D eigenvalue weighted by Gasteiger charge is -2.09. The molecule has 0 aliphatic heterocycles. The van der Waals surface area contributed by atoms with E-state index >= 15 is 0 Å². The maximum atomic E-state index is 12.5. The summed E-state index contributed by atoms with van der Waals surface area (Å²) in [6.45, 7) is 2.34. The summed E-state index contributed by atoms with van der Waals surface area (Å²) in [6.07, 6.45) is 0. The van der Waals surface area contributed by atoms with Crippen molar-refractivity contribution in [3.05, 3.63) is 70.8 Å². The van der Waals surface area contributed by atoms with E-state index in [4.69, 9.17) is 4.74 Å². The summed E-state index contributed by atoms with van der Waals surface area (Å²) in [5, 5.41) is 18.9. The molecule has 28 heavy (non-hydrogen) atoms. The van der Waals surface area contributed by atoms with Crippen LogP contribution in [0.1, 0.15) is 6.92 Å². The van der Waals surface area contributed by atoms with E-state index in [0.29, 0.717) is 23.9 Å². The molecule has 0 saturated heterocycles. The van der Waals surface area contributed by atoms with Gasteiger partial charge in [-0.05, 0) is 31.2 Å². The van der Waals surface area contributed by atoms with Gasteiger partial charge in [-0.15, -0.1) is 10.2 Å². The minimum atomic E-state index is -3.96. The van der Waals surface area contributed by atoms with Gasteiger partial charge in [-0.3, -0.25) is 14.8 Å². The Kier molecular flexibility index (Phi) is 5.50. The van der Waals surface area contributed by atoms with Crippen molar-refractivity contribution < 1.29 is 18.1 Å². The molecule has 0 bridgehead atoms. The fourth-order valence-electron chi connectivity index (χ4n) is 2.39. The van der Waals surface area contributed by atoms with Crippen LogP contribution in [0.2, 0.25) is 0 Å². The zero-order chi connectivity index (χ0) is 20.1. The Morgan fingerprint density at radius 1 is 1.07 bits per heavy atom. The molecule has 1 aromatic heterocycles. The molecular formula is C18H16N4O5S. The molecule has 1 heterocycles. The fraction of sp³-hybridized carbons (Fsp3) is 0.111. The third-order valence-corrected chi connectivity index (χ3v) is 5.08. The van der Waals surface area contributed by atoms with E-state index in [-0.39, 0.29) is 10.6 Å². The molecule has 0 saturated carbocycles. The Morgan fingerprint density at radius 3 is 2.43 bits per heavy atom. The van der Waals surface area contributed by atoms with Crippen LogP contribution in [0.5, 0.6) is 5.88 Å². The number of nitro groups is 1. The molecule has 0 fully saturated rings. The lowest BCUT2D eigenvalue weighted by atomic mass is 10.1. The van der Waals surface area contributed by atoms with Gasteiger partial charge in [-0.1, -0.05) is 18.2 Å². The molecule has 3 rings (SSSR count). The van der Waals surface area contributed by atoms with Crippen LogP contribution in [0, 0.1) is 10.1 Å². The normalized spacial score (nSPS) is 11.0. The topological polar surface area (TPSA) is 124 Å². The van der Waals surface area contributed by atoms with Gasteiger partial charge in [0.25, 0.3) is 15.7 Å². The van der Waals surface area contributed by atoms with Crippen molar-refractivity contribution in [2.24, 2.45) is 0 Å². The van der Waals surface area contributed by atoms with Crippen molar-refractivity contribution in [1.82, 2.24) is 10.2 Å². The highest BCUT2D eigenvalue weighted by atomic mass is 32.2. The molecule has 0 amide bonds. The summed E-state index contributed by atoms with van der Waals surface area (Å²) in [7, 11) is -3.96. The summed E-state index contributed by atoms with van der Waals surface area (Å²) in [6, 6.07) is 14.8. The van der Waals surface area contributed by atoms with Crippen molar-refractivity contribution in [2.45, 2.75) is 11.8 Å². The first-order valence-corrected chi connectivity index (χ1v) is 9.71. The molecule has 0 spiro atoms. The second kappa shape index (κ2) is 8.01. The molecule has 2 aromatic carbocycles. The molecule has 0 atom stereocenters. The zero-order valence-electron chi connectivity index (χ0n) is 14.8. The van der Waals surface area contributed by atoms with Gasteiger partial charge in [0.15, 0.2) is 0 Å². The molecular weight excluding hydrogens is 384 g/mol. The summed E-state index contributed by atoms with van der Waals surface area (Å²) < 4.78 is 32.6. The van der Waals surface area contributed by atoms with E-state index in [1.165, 1.54) is 18.2 Å². The van der Waals surface area contributed by atoms with Gasteiger partial charge in [0, 0.05) is 29.4 Å². The summed E-state index contributed by atoms with van der Waals surface area (Å²) in [5.41, 5.74) is 1.37. The van der Waals surface area contributed by atoms with Crippen LogP contribution in [0.3, 0.4) is 0 Å². The first-order valence-electron chi connectivity index (χ1n) is 8.23. The molecule has 9 nitrogen and oxygen atoms in total. The van der Waals surface area contributed by atoms with Gasteiger partial charge in [-0.25, -0.2) is 8.42 Å². The number of sulfonamides is 1. The second-order valence-electron chi connectivity index (χ2n) is 5.63. The third-order valence-electron chi connectivity index (χ3n) is 3.70. The van der Waals surface area contributed by atoms with Gasteiger partial charge in [-0.2, -0.15) is 0 Å². The van der Waals surface area contributed by atoms with Crippen LogP contribution in [0.15, 0.2) is 65.6 Å². The molecule has 0 aliphatic carbocycles. The second-order valence-corrected chi connectivity index (χ2v) is 7.31. The molecule has 0 radical (unpaired) electrons. The van der Waals surface area contributed by atoms with Crippen LogP contribution < -0.4 is 9.46 Å². The van der Waals surface area contributed by atoms with Crippen LogP contribution in [-0.4, -0.2) is 30.1 Å². The van der Waals surface area contributed by atoms with Crippen LogP contribution in [0.25, 0.3) is 11.3 Å². The third kappa shape index (κ3) is 4.41. The average molecular weight is 400 g/mol. The monoisotopic (exact) mass is 400 g/mol. The number of benzene rings is 2. The molecule has 144 valence electrons. The molecule has 3 aromatic rings. The Bertz CT molecular complexity index is 1080. The van der Waals surface area contributed by atoms with Crippen molar-refractivity contribution >= 4 is 21.4 Å². The minimum absolute atomic E-state index is 0.192. The first-order chi connectivity index (χ1) is 13.4. The van der Waals surface area contributed by atoms with Crippen LogP contribution >= 0.6 is 0 Å². The SMILES string of the molecule is CCOc1ccc(-c2ccc(NS(=O)(=O)c3cccc([N+](=O)[O-])c3)cc2)nn1. The average Bonchev–Trinajstić information content (AvgIpc) is 2.69. The number of non-ortho nitro benzene ring substituents is 1. The number of ether oxygens (including phenoxy) is 1. The maximum Gasteiger partial charge on any atom is 0.270 e. The number of rotatable bonds is 7. The van der Waals surface area contributed by atoms with Gasteiger partial charge in [0.1, 0.15) is 0 Å². The smallest absolute Gasteiger partial charge is 0.270 e. The lowest BCUT2D eigenvalue weighted by Crippen LogP contribution is -2.13. The summed E-state index contributed by atoms with van der Waals surface area (Å²) >= 11 is 0. The minimum Gasteiger partial charge on any atom is -0.477 e. The van der Waals surface area contributed by atoms with E-state index in [1.54, 1.807) is 36.4 Å². The zero-order valence-corrected chi connectivity index (χ0v) is 15.6. The largest absolute Gasteiger partial charge is 0.477 e. The van der Waals surface area contributed by atoms with Crippen molar-refractivity contribution in [3.8, 4) is 17.1 Å². The summed E-state index contributed by atoms with van der Waals surface area (Å²) in [4.78, 5) is 10.0. The summed E-state index contributed by atoms with van der Waals surface area (Å²) in [5.74, 6) is 0.424. The number of aromatic nitrogens is 2. The quantitative estimate of drug-likeness (QED) is 0.477. The number of hydrogen-bond donors (Lipinski definition) is 1. The highest BCUT2D eigenvalue weighted by Gasteiger charge is 2.17. The van der Waals surface area contributed by atoms with Gasteiger partial charge in [0.05, 0.1) is 22.1 Å². The maximum absolute atomic E-state index is 12.5. The predicted molar refractivity (Wildman–Crippen MR) is 103 cm³/mol. The number of nitrogens with one attached hydrogen (secondary N) is 1. The predicted octanol–water partition coefficient (Wildman–Crippen LogP) is 3.25. The van der Waals surface area contributed by atoms with E-state index in [1.807, 2.05) is 6.92 Å². The van der Waals surface area contributed by atoms with Crippen molar-refractivity contribution in [3.63, 3.8) is 0 Å². The number of nitrogens with zero attached hydrogens (tertiary/aromatic N) is 3. The highest BCUT2D eigenvalue weighted by Crippen LogP contribution is 2.23. The lowest BCUT2D eigenvalue weighted by molar-refractivity contribution is -0.385. The first kappa shape index (κ1) is 19.2. The molecule has 10 heteroatoms. The Balaban J connectivity index is 1.78. The van der Waals surface area contributed by atoms with Gasteiger partial charge in [0.2, 0.25) is 5.88 Å². The molecule has 0 unspecified atom stereocenters. The number of anilines is 1. The number of hydrogen-bond acceptors (Lipinski definition) is 7. The molecule has 1 N–H and O–H groups in total. The van der Waals surface area contributed by atoms with E-state index in [0.717, 1.165) is 11.6 Å². The number of nitro benzene ring substituents is 1. The molecule has 0 aliphatic rings. The Morgan fingerprint density at radius 2 is 1.82 bits per heavy atom. The van der Waals surface area contributed by atoms with Crippen molar-refractivity contribution in [1.29, 1.82) is 0 Å². The van der Waals surface area contributed by atoms with E-state index < -0.39 is 14.9 Å². The van der Waals surface area contributed by atoms with E-state index in [9.17, 15) is 18.5 Å². The Hall–Kier alpha value is -3.53. The van der Waals surface area contributed by atoms with Crippen molar-refractivity contribution in [2.75, 3.05) is 11.3 Å². The van der Waals surface area contributed by atoms with Crippen LogP contribution in [-0.2, 0) is 10.0 Å². The fourth-order valence-corrected chi connectivity index (χ4v) is 3.48. The van der Waals surface area contributed by atoms with Gasteiger partial charge >= 0.3 is 0 Å². The highest BCUT2D eigenvalue weighted by molar-refractivity contribution is 7.92. The van der Waals surface area contributed by atoms with E-state index in [2.05, 4.69) is 14.9 Å². The standard InChI is InChI=1S/C18H16N4O5S/c1-2-27-18-11-10-17(19-20-18)13-6-8-14(9-7-13)21-28(25,26)16-5-3-4-15(12-16)22(23)24/h3-12,21H,2H2,1H3. The Labute approximate surface area is 161 Å². The van der Waals surface area contributed by atoms with Crippen LogP contribution in [0.4, 0.5) is 11.4 Å².